The van der Waals surface area contributed by atoms with Gasteiger partial charge in [0.05, 0.1) is 6.54 Å². The van der Waals surface area contributed by atoms with Crippen LogP contribution in [0.5, 0.6) is 0 Å². The maximum absolute atomic E-state index is 11.6. The van der Waals surface area contributed by atoms with Crippen LogP contribution in [0.4, 0.5) is 18.0 Å². The zero-order valence-corrected chi connectivity index (χ0v) is 13.2. The molecule has 1 aromatic rings. The Hall–Kier alpha value is -3.20. The van der Waals surface area contributed by atoms with Crippen molar-refractivity contribution < 1.29 is 42.2 Å². The van der Waals surface area contributed by atoms with E-state index in [2.05, 4.69) is 22.5 Å². The molecular formula is C14H16F3N3O6. The number of aliphatic carboxylic acids is 1. The van der Waals surface area contributed by atoms with Crippen molar-refractivity contribution in [3.05, 3.63) is 23.7 Å². The molecule has 26 heavy (non-hydrogen) atoms. The first-order valence-electron chi connectivity index (χ1n) is 6.91. The molecule has 0 radical (unpaired) electrons. The third kappa shape index (κ3) is 10.6. The van der Waals surface area contributed by atoms with Gasteiger partial charge in [-0.25, -0.2) is 9.59 Å². The summed E-state index contributed by atoms with van der Waals surface area (Å²) in [5.41, 5.74) is 5.22. The number of carboxylic acids is 1. The van der Waals surface area contributed by atoms with Crippen molar-refractivity contribution in [1.82, 2.24) is 10.6 Å². The van der Waals surface area contributed by atoms with Gasteiger partial charge in [-0.1, -0.05) is 5.92 Å². The Bertz CT molecular complexity index is 675. The number of carboxylic acid groups (broad SMARTS) is 2. The molecule has 0 unspecified atom stereocenters. The molecule has 1 aromatic heterocycles. The Labute approximate surface area is 145 Å². The molecule has 12 heteroatoms. The number of amides is 2. The van der Waals surface area contributed by atoms with Crippen LogP contribution in [0, 0.1) is 11.8 Å². The summed E-state index contributed by atoms with van der Waals surface area (Å²) < 4.78 is 36.9. The Morgan fingerprint density at radius 3 is 2.23 bits per heavy atom. The summed E-state index contributed by atoms with van der Waals surface area (Å²) >= 11 is 0. The molecule has 2 amide bonds. The summed E-state index contributed by atoms with van der Waals surface area (Å²) in [7, 11) is 0. The number of nitrogens with one attached hydrogen (secondary N) is 2. The van der Waals surface area contributed by atoms with E-state index in [1.807, 2.05) is 0 Å². The fraction of sp³-hybridized carbons (Fsp3) is 0.357. The summed E-state index contributed by atoms with van der Waals surface area (Å²) in [6.45, 7) is 0.851. The van der Waals surface area contributed by atoms with E-state index in [0.29, 0.717) is 18.7 Å². The highest BCUT2D eigenvalue weighted by Crippen LogP contribution is 2.13. The van der Waals surface area contributed by atoms with Crippen molar-refractivity contribution in [2.45, 2.75) is 12.6 Å². The van der Waals surface area contributed by atoms with E-state index in [1.165, 1.54) is 6.07 Å². The van der Waals surface area contributed by atoms with E-state index >= 15 is 0 Å². The number of hydrogen-bond donors (Lipinski definition) is 5. The third-order valence-electron chi connectivity index (χ3n) is 2.30. The van der Waals surface area contributed by atoms with E-state index in [-0.39, 0.29) is 24.8 Å². The minimum absolute atomic E-state index is 0.160. The Morgan fingerprint density at radius 1 is 1.15 bits per heavy atom. The zero-order chi connectivity index (χ0) is 20.2. The third-order valence-corrected chi connectivity index (χ3v) is 2.30. The van der Waals surface area contributed by atoms with Crippen molar-refractivity contribution in [2.24, 2.45) is 5.73 Å². The molecule has 9 nitrogen and oxygen atoms in total. The molecule has 0 aliphatic heterocycles. The maximum Gasteiger partial charge on any atom is 0.490 e. The van der Waals surface area contributed by atoms with Gasteiger partial charge in [0.1, 0.15) is 0 Å². The summed E-state index contributed by atoms with van der Waals surface area (Å²) in [6, 6.07) is 3.11. The first-order valence-corrected chi connectivity index (χ1v) is 6.91. The molecular weight excluding hydrogens is 363 g/mol. The van der Waals surface area contributed by atoms with Gasteiger partial charge in [0, 0.05) is 13.1 Å². The minimum atomic E-state index is -5.08. The van der Waals surface area contributed by atoms with Gasteiger partial charge >= 0.3 is 18.2 Å². The number of carbonyl (C=O) groups excluding carboxylic acids is 1. The Morgan fingerprint density at radius 2 is 1.73 bits per heavy atom. The van der Waals surface area contributed by atoms with Crippen molar-refractivity contribution in [2.75, 3.05) is 19.6 Å². The largest absolute Gasteiger partial charge is 0.490 e. The molecule has 6 N–H and O–H groups in total. The van der Waals surface area contributed by atoms with Gasteiger partial charge in [0.2, 0.25) is 0 Å². The van der Waals surface area contributed by atoms with Crippen LogP contribution >= 0.6 is 0 Å². The lowest BCUT2D eigenvalue weighted by molar-refractivity contribution is -0.192. The highest BCUT2D eigenvalue weighted by atomic mass is 19.4. The Kier molecular flexibility index (Phi) is 9.97. The van der Waals surface area contributed by atoms with Gasteiger partial charge in [-0.3, -0.25) is 4.79 Å². The van der Waals surface area contributed by atoms with Crippen LogP contribution in [0.1, 0.15) is 22.7 Å². The normalized spacial score (nSPS) is 9.85. The van der Waals surface area contributed by atoms with Crippen LogP contribution in [0.15, 0.2) is 16.5 Å². The number of nitrogens with two attached hydrogens (primary N) is 1. The number of hydrogen-bond acceptors (Lipinski definition) is 5. The number of alkyl halides is 3. The topological polar surface area (TPSA) is 155 Å². The smallest absolute Gasteiger partial charge is 0.475 e. The van der Waals surface area contributed by atoms with Gasteiger partial charge < -0.3 is 31.0 Å². The van der Waals surface area contributed by atoms with E-state index in [1.54, 1.807) is 6.07 Å². The first-order chi connectivity index (χ1) is 12.1. The first kappa shape index (κ1) is 22.8. The van der Waals surface area contributed by atoms with Gasteiger partial charge in [-0.15, -0.1) is 0 Å². The summed E-state index contributed by atoms with van der Waals surface area (Å²) in [4.78, 5) is 30.7. The lowest BCUT2D eigenvalue weighted by Gasteiger charge is -2.02. The molecule has 0 aliphatic rings. The SMILES string of the molecule is NCC#Cc1ccc(C(=O)NCCCNC(=O)O)o1.O=C(O)C(F)(F)F. The van der Waals surface area contributed by atoms with Crippen LogP contribution in [-0.2, 0) is 4.79 Å². The van der Waals surface area contributed by atoms with E-state index in [4.69, 9.17) is 25.2 Å². The van der Waals surface area contributed by atoms with Gasteiger partial charge in [0.15, 0.2) is 11.5 Å². The van der Waals surface area contributed by atoms with Crippen LogP contribution < -0.4 is 16.4 Å². The maximum atomic E-state index is 11.6. The van der Waals surface area contributed by atoms with Gasteiger partial charge in [0.25, 0.3) is 5.91 Å². The second-order valence-electron chi connectivity index (χ2n) is 4.31. The Balaban J connectivity index is 0.000000758. The summed E-state index contributed by atoms with van der Waals surface area (Å²) in [6.07, 6.45) is -5.67. The highest BCUT2D eigenvalue weighted by molar-refractivity contribution is 5.91. The van der Waals surface area contributed by atoms with E-state index < -0.39 is 18.2 Å². The second-order valence-corrected chi connectivity index (χ2v) is 4.31. The average Bonchev–Trinajstić information content (AvgIpc) is 3.00. The number of halogens is 3. The van der Waals surface area contributed by atoms with Gasteiger partial charge in [-0.05, 0) is 24.5 Å². The van der Waals surface area contributed by atoms with E-state index in [9.17, 15) is 22.8 Å². The number of furan rings is 1. The fourth-order valence-electron chi connectivity index (χ4n) is 1.24. The monoisotopic (exact) mass is 379 g/mol. The fourth-order valence-corrected chi connectivity index (χ4v) is 1.24. The minimum Gasteiger partial charge on any atom is -0.475 e. The van der Waals surface area contributed by atoms with Crippen molar-refractivity contribution in [1.29, 1.82) is 0 Å². The molecule has 0 fully saturated rings. The molecule has 144 valence electrons. The van der Waals surface area contributed by atoms with Gasteiger partial charge in [-0.2, -0.15) is 13.2 Å². The molecule has 0 bridgehead atoms. The molecule has 0 saturated heterocycles. The highest BCUT2D eigenvalue weighted by Gasteiger charge is 2.38. The van der Waals surface area contributed by atoms with Crippen LogP contribution in [-0.4, -0.2) is 54.0 Å². The molecule has 0 aromatic carbocycles. The van der Waals surface area contributed by atoms with Crippen LogP contribution in [0.2, 0.25) is 0 Å². The van der Waals surface area contributed by atoms with E-state index in [0.717, 1.165) is 0 Å². The zero-order valence-electron chi connectivity index (χ0n) is 13.2. The van der Waals surface area contributed by atoms with Crippen LogP contribution in [0.3, 0.4) is 0 Å². The number of carbonyl (C=O) groups is 3. The quantitative estimate of drug-likeness (QED) is 0.371. The molecule has 0 atom stereocenters. The summed E-state index contributed by atoms with van der Waals surface area (Å²) in [5.74, 6) is 2.70. The van der Waals surface area contributed by atoms with Crippen LogP contribution in [0.25, 0.3) is 0 Å². The van der Waals surface area contributed by atoms with Crippen molar-refractivity contribution in [3.8, 4) is 11.8 Å². The van der Waals surface area contributed by atoms with Crippen molar-refractivity contribution >= 4 is 18.0 Å². The molecule has 1 heterocycles. The molecule has 1 rings (SSSR count). The lowest BCUT2D eigenvalue weighted by Crippen LogP contribution is -2.28. The average molecular weight is 379 g/mol. The molecule has 0 aliphatic carbocycles. The second kappa shape index (κ2) is 11.4. The summed E-state index contributed by atoms with van der Waals surface area (Å²) in [5, 5.41) is 20.3. The van der Waals surface area contributed by atoms with Crippen molar-refractivity contribution in [3.63, 3.8) is 0 Å². The standard InChI is InChI=1S/C12H15N3O4.C2HF3O2/c13-6-1-3-9-4-5-10(19-9)11(16)14-7-2-8-15-12(17)18;3-2(4,5)1(6)7/h4-5,15H,2,6-8,13H2,(H,14,16)(H,17,18);(H,6,7). The molecule has 0 spiro atoms. The lowest BCUT2D eigenvalue weighted by atomic mass is 10.3. The predicted molar refractivity (Wildman–Crippen MR) is 81.3 cm³/mol. The predicted octanol–water partition coefficient (Wildman–Crippen LogP) is 0.611. The molecule has 0 saturated carbocycles. The number of rotatable bonds is 5.